The van der Waals surface area contributed by atoms with Crippen molar-refractivity contribution in [3.8, 4) is 0 Å². The Morgan fingerprint density at radius 3 is 3.00 bits per heavy atom. The highest BCUT2D eigenvalue weighted by molar-refractivity contribution is 6.21. The van der Waals surface area contributed by atoms with Crippen molar-refractivity contribution in [3.63, 3.8) is 0 Å². The second kappa shape index (κ2) is 5.71. The SMILES string of the molecule is C/C(=N/O)NC(=O)C1=CC2CCCN3CCc4c(n1c1ccccc41)C23. The summed E-state index contributed by atoms with van der Waals surface area (Å²) in [6, 6.07) is 8.72. The molecule has 2 atom stereocenters. The summed E-state index contributed by atoms with van der Waals surface area (Å²) in [5, 5.41) is 16.0. The third-order valence-corrected chi connectivity index (χ3v) is 6.02. The van der Waals surface area contributed by atoms with Gasteiger partial charge in [0.25, 0.3) is 5.91 Å². The van der Waals surface area contributed by atoms with Crippen LogP contribution in [-0.2, 0) is 11.2 Å². The van der Waals surface area contributed by atoms with Crippen LogP contribution in [0, 0.1) is 5.92 Å². The smallest absolute Gasteiger partial charge is 0.273 e. The third kappa shape index (κ3) is 2.08. The maximum Gasteiger partial charge on any atom is 0.273 e. The molecule has 1 fully saturated rings. The first-order valence-electron chi connectivity index (χ1n) is 9.27. The van der Waals surface area contributed by atoms with E-state index in [4.69, 9.17) is 5.21 Å². The molecule has 2 aromatic rings. The molecule has 3 aliphatic heterocycles. The Balaban J connectivity index is 1.75. The van der Waals surface area contributed by atoms with Crippen LogP contribution in [0.1, 0.15) is 37.1 Å². The van der Waals surface area contributed by atoms with Crippen LogP contribution in [0.25, 0.3) is 16.6 Å². The van der Waals surface area contributed by atoms with Crippen LogP contribution in [0.5, 0.6) is 0 Å². The number of amidine groups is 1. The van der Waals surface area contributed by atoms with Gasteiger partial charge in [-0.3, -0.25) is 9.69 Å². The van der Waals surface area contributed by atoms with Crippen molar-refractivity contribution in [1.29, 1.82) is 0 Å². The first-order valence-corrected chi connectivity index (χ1v) is 9.27. The van der Waals surface area contributed by atoms with E-state index in [2.05, 4.69) is 44.2 Å². The zero-order valence-electron chi connectivity index (χ0n) is 14.8. The Hall–Kier alpha value is -2.60. The lowest BCUT2D eigenvalue weighted by Crippen LogP contribution is -2.46. The number of hydrogen-bond donors (Lipinski definition) is 2. The fourth-order valence-corrected chi connectivity index (χ4v) is 5.02. The van der Waals surface area contributed by atoms with Gasteiger partial charge in [0, 0.05) is 23.5 Å². The number of benzene rings is 1. The van der Waals surface area contributed by atoms with Gasteiger partial charge in [-0.05, 0) is 50.4 Å². The van der Waals surface area contributed by atoms with Gasteiger partial charge in [-0.25, -0.2) is 0 Å². The molecule has 6 heteroatoms. The summed E-state index contributed by atoms with van der Waals surface area (Å²) in [5.74, 6) is 0.338. The highest BCUT2D eigenvalue weighted by atomic mass is 16.4. The Labute approximate surface area is 151 Å². The lowest BCUT2D eigenvalue weighted by atomic mass is 9.80. The van der Waals surface area contributed by atoms with Crippen LogP contribution in [0.15, 0.2) is 35.5 Å². The summed E-state index contributed by atoms with van der Waals surface area (Å²) in [4.78, 5) is 15.5. The van der Waals surface area contributed by atoms with Gasteiger partial charge < -0.3 is 15.1 Å². The molecule has 1 amide bonds. The fourth-order valence-electron chi connectivity index (χ4n) is 5.02. The Kier molecular flexibility index (Phi) is 3.43. The molecular formula is C20H22N4O2. The lowest BCUT2D eigenvalue weighted by Gasteiger charge is -2.46. The minimum Gasteiger partial charge on any atom is -0.409 e. The van der Waals surface area contributed by atoms with E-state index >= 15 is 0 Å². The van der Waals surface area contributed by atoms with E-state index in [1.807, 2.05) is 6.07 Å². The number of hydrogen-bond acceptors (Lipinski definition) is 4. The van der Waals surface area contributed by atoms with Crippen LogP contribution in [0.3, 0.4) is 0 Å². The molecule has 26 heavy (non-hydrogen) atoms. The van der Waals surface area contributed by atoms with Crippen molar-refractivity contribution in [2.45, 2.75) is 32.2 Å². The number of nitrogens with zero attached hydrogens (tertiary/aromatic N) is 3. The highest BCUT2D eigenvalue weighted by Crippen LogP contribution is 2.48. The van der Waals surface area contributed by atoms with Gasteiger partial charge >= 0.3 is 0 Å². The Morgan fingerprint density at radius 1 is 1.31 bits per heavy atom. The number of aromatic nitrogens is 1. The normalized spacial score (nSPS) is 25.0. The molecule has 1 aromatic carbocycles. The zero-order valence-corrected chi connectivity index (χ0v) is 14.8. The lowest BCUT2D eigenvalue weighted by molar-refractivity contribution is -0.114. The van der Waals surface area contributed by atoms with Gasteiger partial charge in [0.2, 0.25) is 0 Å². The molecule has 3 aliphatic rings. The maximum absolute atomic E-state index is 13.0. The summed E-state index contributed by atoms with van der Waals surface area (Å²) in [6.07, 6.45) is 5.43. The van der Waals surface area contributed by atoms with Crippen molar-refractivity contribution >= 4 is 28.3 Å². The summed E-state index contributed by atoms with van der Waals surface area (Å²) in [6.45, 7) is 3.80. The molecule has 0 bridgehead atoms. The number of rotatable bonds is 1. The molecule has 6 nitrogen and oxygen atoms in total. The van der Waals surface area contributed by atoms with Gasteiger partial charge in [-0.2, -0.15) is 0 Å². The number of amides is 1. The number of para-hydroxylation sites is 1. The summed E-state index contributed by atoms with van der Waals surface area (Å²) in [7, 11) is 0. The van der Waals surface area contributed by atoms with Gasteiger partial charge in [-0.1, -0.05) is 23.4 Å². The quantitative estimate of drug-likeness (QED) is 0.360. The molecule has 0 aliphatic carbocycles. The van der Waals surface area contributed by atoms with Gasteiger partial charge in [0.1, 0.15) is 11.5 Å². The van der Waals surface area contributed by atoms with Crippen LogP contribution >= 0.6 is 0 Å². The second-order valence-electron chi connectivity index (χ2n) is 7.44. The van der Waals surface area contributed by atoms with E-state index in [1.165, 1.54) is 23.1 Å². The number of piperidine rings is 1. The summed E-state index contributed by atoms with van der Waals surface area (Å²) < 4.78 is 2.14. The summed E-state index contributed by atoms with van der Waals surface area (Å²) >= 11 is 0. The minimum atomic E-state index is -0.218. The predicted octanol–water partition coefficient (Wildman–Crippen LogP) is 2.73. The van der Waals surface area contributed by atoms with Crippen molar-refractivity contribution in [3.05, 3.63) is 41.6 Å². The maximum atomic E-state index is 13.0. The molecule has 134 valence electrons. The summed E-state index contributed by atoms with van der Waals surface area (Å²) in [5.41, 5.74) is 4.41. The monoisotopic (exact) mass is 350 g/mol. The molecule has 4 heterocycles. The van der Waals surface area contributed by atoms with Crippen molar-refractivity contribution in [2.75, 3.05) is 13.1 Å². The van der Waals surface area contributed by atoms with Crippen molar-refractivity contribution in [1.82, 2.24) is 14.8 Å². The van der Waals surface area contributed by atoms with Crippen LogP contribution in [0.4, 0.5) is 0 Å². The van der Waals surface area contributed by atoms with Gasteiger partial charge in [-0.15, -0.1) is 0 Å². The molecule has 5 rings (SSSR count). The number of oxime groups is 1. The number of fused-ring (bicyclic) bond motifs is 3. The first-order chi connectivity index (χ1) is 12.7. The number of nitrogens with one attached hydrogen (secondary N) is 1. The van der Waals surface area contributed by atoms with E-state index < -0.39 is 0 Å². The fraction of sp³-hybridized carbons (Fsp3) is 0.400. The molecule has 2 N–H and O–H groups in total. The first kappa shape index (κ1) is 15.6. The molecule has 0 saturated carbocycles. The molecule has 2 unspecified atom stereocenters. The molecule has 0 radical (unpaired) electrons. The molecule has 1 aromatic heterocycles. The third-order valence-electron chi connectivity index (χ3n) is 6.02. The van der Waals surface area contributed by atoms with E-state index in [0.29, 0.717) is 17.7 Å². The molecule has 0 spiro atoms. The standard InChI is InChI=1S/C20H22N4O2/c1-12(22-26)21-20(25)17-11-13-5-4-9-23-10-8-15-14-6-2-3-7-16(14)24(17)19(15)18(13)23/h2-3,6-7,11,13,18,26H,4-5,8-10H2,1H3,(H,21,22,25). The van der Waals surface area contributed by atoms with Crippen molar-refractivity contribution in [2.24, 2.45) is 11.1 Å². The van der Waals surface area contributed by atoms with E-state index in [-0.39, 0.29) is 11.7 Å². The van der Waals surface area contributed by atoms with E-state index in [0.717, 1.165) is 31.4 Å². The second-order valence-corrected chi connectivity index (χ2v) is 7.44. The van der Waals surface area contributed by atoms with Crippen molar-refractivity contribution < 1.29 is 10.0 Å². The number of carbonyl (C=O) groups excluding carboxylic acids is 1. The van der Waals surface area contributed by atoms with E-state index in [1.54, 1.807) is 6.92 Å². The topological polar surface area (TPSA) is 69.9 Å². The minimum absolute atomic E-state index is 0.202. The average molecular weight is 350 g/mol. The van der Waals surface area contributed by atoms with Crippen LogP contribution < -0.4 is 5.32 Å². The van der Waals surface area contributed by atoms with Crippen LogP contribution in [-0.4, -0.2) is 39.5 Å². The molecule has 1 saturated heterocycles. The zero-order chi connectivity index (χ0) is 17.8. The van der Waals surface area contributed by atoms with Crippen LogP contribution in [0.2, 0.25) is 0 Å². The van der Waals surface area contributed by atoms with Gasteiger partial charge in [0.05, 0.1) is 11.6 Å². The Bertz CT molecular complexity index is 972. The Morgan fingerprint density at radius 2 is 2.15 bits per heavy atom. The average Bonchev–Trinajstić information content (AvgIpc) is 3.01. The predicted molar refractivity (Wildman–Crippen MR) is 100.0 cm³/mol. The number of carbonyl (C=O) groups is 1. The molecular weight excluding hydrogens is 328 g/mol. The van der Waals surface area contributed by atoms with E-state index in [9.17, 15) is 4.79 Å². The highest BCUT2D eigenvalue weighted by Gasteiger charge is 2.43. The largest absolute Gasteiger partial charge is 0.409 e. The van der Waals surface area contributed by atoms with Gasteiger partial charge in [0.15, 0.2) is 0 Å².